The van der Waals surface area contributed by atoms with E-state index in [1.54, 1.807) is 0 Å². The van der Waals surface area contributed by atoms with Gasteiger partial charge in [0.15, 0.2) is 0 Å². The van der Waals surface area contributed by atoms with Crippen molar-refractivity contribution in [3.8, 4) is 33.4 Å². The largest absolute Gasteiger partial charge is 0.255 e. The number of fused-ring (bicyclic) bond motifs is 9. The van der Waals surface area contributed by atoms with Gasteiger partial charge >= 0.3 is 0 Å². The van der Waals surface area contributed by atoms with Crippen molar-refractivity contribution in [2.24, 2.45) is 0 Å². The normalized spacial score (nSPS) is 11.4. The van der Waals surface area contributed by atoms with Crippen LogP contribution in [0.1, 0.15) is 0 Å². The summed E-state index contributed by atoms with van der Waals surface area (Å²) in [6.07, 6.45) is 0. The molecule has 10 aromatic carbocycles. The average molecular weight is 641 g/mol. The summed E-state index contributed by atoms with van der Waals surface area (Å²) in [4.78, 5) is 0. The molecule has 0 aromatic heterocycles. The van der Waals surface area contributed by atoms with Crippen LogP contribution in [-0.2, 0) is 0 Å². The Bertz CT molecular complexity index is 2570. The zero-order chi connectivity index (χ0) is 33.6. The number of halogens is 1. The molecular weight excluding hydrogens is 608 g/mol. The summed E-state index contributed by atoms with van der Waals surface area (Å²) in [5.74, 6) is 0. The summed E-state index contributed by atoms with van der Waals surface area (Å²) in [5.41, 5.74) is 7.31. The van der Waals surface area contributed by atoms with Gasteiger partial charge in [0.05, 0.1) is 7.18 Å². The van der Waals surface area contributed by atoms with Gasteiger partial charge in [-0.1, -0.05) is 146 Å². The molecule has 0 saturated carbocycles. The van der Waals surface area contributed by atoms with Gasteiger partial charge in [0, 0.05) is 0 Å². The zero-order valence-corrected chi connectivity index (χ0v) is 27.7. The maximum atomic E-state index is 9.50. The fraction of sp³-hybridized carbons (Fsp3) is 0.0204. The average Bonchev–Trinajstić information content (AvgIpc) is 3.20. The summed E-state index contributed by atoms with van der Waals surface area (Å²) in [7, 11) is 0.500. The van der Waals surface area contributed by atoms with E-state index in [4.69, 9.17) is 0 Å². The van der Waals surface area contributed by atoms with E-state index in [0.29, 0.717) is 7.18 Å². The quantitative estimate of drug-likeness (QED) is 0.169. The van der Waals surface area contributed by atoms with Crippen LogP contribution in [0.5, 0.6) is 0 Å². The lowest BCUT2D eigenvalue weighted by atomic mass is 9.90. The first-order chi connectivity index (χ1) is 24.7. The Hall–Kier alpha value is -6.31. The summed E-state index contributed by atoms with van der Waals surface area (Å²) < 4.78 is 9.50. The second kappa shape index (κ2) is 12.3. The SMILES string of the molecule is CF.c1ccc2c(c1)ccc1ccc(-c3cc(-c4ccc5ccc6ccccc6c5c4)cc(-c4ccc5ccc6ccccc6c5c4)c3)cc12. The second-order valence-electron chi connectivity index (χ2n) is 13.0. The first kappa shape index (κ1) is 29.8. The van der Waals surface area contributed by atoms with E-state index in [2.05, 4.69) is 182 Å². The molecule has 0 spiro atoms. The summed E-state index contributed by atoms with van der Waals surface area (Å²) in [6.45, 7) is 0. The third-order valence-corrected chi connectivity index (χ3v) is 10.2. The van der Waals surface area contributed by atoms with Gasteiger partial charge < -0.3 is 0 Å². The van der Waals surface area contributed by atoms with Gasteiger partial charge in [0.1, 0.15) is 0 Å². The fourth-order valence-electron chi connectivity index (χ4n) is 7.67. The van der Waals surface area contributed by atoms with Gasteiger partial charge in [-0.2, -0.15) is 0 Å². The Kier molecular flexibility index (Phi) is 7.33. The molecule has 1 heteroatoms. The van der Waals surface area contributed by atoms with E-state index in [-0.39, 0.29) is 0 Å². The van der Waals surface area contributed by atoms with Crippen molar-refractivity contribution in [3.63, 3.8) is 0 Å². The van der Waals surface area contributed by atoms with E-state index in [1.165, 1.54) is 98.0 Å². The Morgan fingerprint density at radius 1 is 0.220 bits per heavy atom. The molecule has 0 unspecified atom stereocenters. The van der Waals surface area contributed by atoms with Gasteiger partial charge in [0.2, 0.25) is 0 Å². The maximum Gasteiger partial charge on any atom is 0.0785 e. The van der Waals surface area contributed by atoms with E-state index >= 15 is 0 Å². The number of hydrogen-bond acceptors (Lipinski definition) is 0. The molecule has 10 aromatic rings. The van der Waals surface area contributed by atoms with Crippen LogP contribution in [-0.4, -0.2) is 7.18 Å². The van der Waals surface area contributed by atoms with Gasteiger partial charge in [-0.25, -0.2) is 0 Å². The van der Waals surface area contributed by atoms with Gasteiger partial charge in [-0.05, 0) is 134 Å². The Balaban J connectivity index is 0.00000165. The molecule has 0 aliphatic carbocycles. The summed E-state index contributed by atoms with van der Waals surface area (Å²) in [5, 5.41) is 15.3. The molecule has 0 saturated heterocycles. The van der Waals surface area contributed by atoms with Crippen molar-refractivity contribution in [3.05, 3.63) is 182 Å². The number of rotatable bonds is 3. The first-order valence-corrected chi connectivity index (χ1v) is 17.0. The smallest absolute Gasteiger partial charge is 0.0785 e. The third-order valence-electron chi connectivity index (χ3n) is 10.2. The highest BCUT2D eigenvalue weighted by Gasteiger charge is 2.12. The molecule has 0 heterocycles. The van der Waals surface area contributed by atoms with E-state index in [0.717, 1.165) is 0 Å². The Morgan fingerprint density at radius 2 is 0.460 bits per heavy atom. The van der Waals surface area contributed by atoms with Crippen LogP contribution in [0.3, 0.4) is 0 Å². The van der Waals surface area contributed by atoms with Gasteiger partial charge in [-0.15, -0.1) is 0 Å². The van der Waals surface area contributed by atoms with Crippen molar-refractivity contribution in [1.82, 2.24) is 0 Å². The van der Waals surface area contributed by atoms with Crippen LogP contribution in [0.25, 0.3) is 98.0 Å². The lowest BCUT2D eigenvalue weighted by molar-refractivity contribution is 0.636. The fourth-order valence-corrected chi connectivity index (χ4v) is 7.67. The highest BCUT2D eigenvalue weighted by Crippen LogP contribution is 2.38. The highest BCUT2D eigenvalue weighted by atomic mass is 19.1. The van der Waals surface area contributed by atoms with Gasteiger partial charge in [0.25, 0.3) is 0 Å². The summed E-state index contributed by atoms with van der Waals surface area (Å²) >= 11 is 0. The van der Waals surface area contributed by atoms with Crippen LogP contribution in [0.15, 0.2) is 182 Å². The van der Waals surface area contributed by atoms with E-state index in [9.17, 15) is 4.39 Å². The second-order valence-corrected chi connectivity index (χ2v) is 13.0. The minimum Gasteiger partial charge on any atom is -0.255 e. The molecule has 0 atom stereocenters. The standard InChI is InChI=1S/C48H30.CH3F/c1-4-10-43-31(7-1)13-16-34-19-22-37(28-46(34)43)40-25-41(38-23-20-35-17-14-32-8-2-5-11-44(32)47(35)29-38)27-42(26-40)39-24-21-36-18-15-33-9-3-6-12-45(33)48(36)30-39;1-2/h1-30H;1H3. The zero-order valence-electron chi connectivity index (χ0n) is 27.7. The predicted octanol–water partition coefficient (Wildman–Crippen LogP) is 14.2. The lowest BCUT2D eigenvalue weighted by Gasteiger charge is -2.14. The molecule has 0 nitrogen and oxygen atoms in total. The van der Waals surface area contributed by atoms with Crippen molar-refractivity contribution in [2.45, 2.75) is 0 Å². The molecule has 10 rings (SSSR count). The molecule has 0 N–H and O–H groups in total. The van der Waals surface area contributed by atoms with E-state index < -0.39 is 0 Å². The molecule has 50 heavy (non-hydrogen) atoms. The molecule has 0 bridgehead atoms. The van der Waals surface area contributed by atoms with Crippen molar-refractivity contribution < 1.29 is 4.39 Å². The van der Waals surface area contributed by atoms with Crippen LogP contribution < -0.4 is 0 Å². The highest BCUT2D eigenvalue weighted by molar-refractivity contribution is 6.11. The van der Waals surface area contributed by atoms with E-state index in [1.807, 2.05) is 0 Å². The monoisotopic (exact) mass is 640 g/mol. The molecule has 0 fully saturated rings. The number of hydrogen-bond donors (Lipinski definition) is 0. The minimum atomic E-state index is 0.500. The van der Waals surface area contributed by atoms with Crippen LogP contribution in [0.4, 0.5) is 4.39 Å². The molecule has 0 amide bonds. The molecule has 0 radical (unpaired) electrons. The van der Waals surface area contributed by atoms with Crippen molar-refractivity contribution in [2.75, 3.05) is 7.18 Å². The Morgan fingerprint density at radius 3 is 0.760 bits per heavy atom. The number of alkyl halides is 1. The van der Waals surface area contributed by atoms with Crippen LogP contribution >= 0.6 is 0 Å². The lowest BCUT2D eigenvalue weighted by Crippen LogP contribution is -1.88. The predicted molar refractivity (Wildman–Crippen MR) is 215 cm³/mol. The van der Waals surface area contributed by atoms with Crippen LogP contribution in [0.2, 0.25) is 0 Å². The van der Waals surface area contributed by atoms with Gasteiger partial charge in [-0.3, -0.25) is 4.39 Å². The number of benzene rings is 10. The minimum absolute atomic E-state index is 0.500. The van der Waals surface area contributed by atoms with Crippen LogP contribution in [0, 0.1) is 0 Å². The Labute approximate surface area is 290 Å². The molecule has 0 aliphatic rings. The maximum absolute atomic E-state index is 9.50. The third kappa shape index (κ3) is 5.07. The first-order valence-electron chi connectivity index (χ1n) is 17.0. The van der Waals surface area contributed by atoms with Crippen molar-refractivity contribution in [1.29, 1.82) is 0 Å². The molecular formula is C49H33F. The van der Waals surface area contributed by atoms with Crippen molar-refractivity contribution >= 4 is 64.6 Å². The summed E-state index contributed by atoms with van der Waals surface area (Å²) in [6, 6.07) is 67.4. The molecule has 0 aliphatic heterocycles. The topological polar surface area (TPSA) is 0 Å². The molecule has 236 valence electrons.